The maximum Gasteiger partial charge on any atom is 0.306 e. The first-order valence-corrected chi connectivity index (χ1v) is 21.5. The van der Waals surface area contributed by atoms with Crippen molar-refractivity contribution in [2.45, 2.75) is 114 Å². The van der Waals surface area contributed by atoms with Gasteiger partial charge in [-0.15, -0.1) is 11.8 Å². The van der Waals surface area contributed by atoms with Crippen molar-refractivity contribution in [3.63, 3.8) is 0 Å². The Kier molecular flexibility index (Phi) is 19.6. The summed E-state index contributed by atoms with van der Waals surface area (Å²) >= 11 is 1.39. The van der Waals surface area contributed by atoms with Gasteiger partial charge in [0.15, 0.2) is 6.61 Å². The van der Waals surface area contributed by atoms with Gasteiger partial charge in [0.2, 0.25) is 10.0 Å². The Hall–Kier alpha value is -4.07. The number of carboxylic acid groups (broad SMARTS) is 1. The van der Waals surface area contributed by atoms with Gasteiger partial charge in [-0.3, -0.25) is 9.59 Å². The number of amides is 1. The highest BCUT2D eigenvalue weighted by atomic mass is 32.2. The molecule has 4 rings (SSSR count). The second-order valence-electron chi connectivity index (χ2n) is 13.1. The van der Waals surface area contributed by atoms with E-state index >= 15 is 0 Å². The van der Waals surface area contributed by atoms with Crippen molar-refractivity contribution in [1.82, 2.24) is 10.0 Å². The standard InChI is InChI=1S/C33H41N3O6S2.C6H12O2.C2H6/c1-4-6-17-33(18-7-5-2)23-36(25-11-9-8-10-12-25)28-19-30(43-3)29(20-31(28)44(40,41)35-33)42-22-32(39)34-27(21-37)24-13-15-26(38)16-14-24;1-3-4-5(2)6(7)8;1-2/h8-16,19-21,27,35,38H,4-7,17-18,22-23H2,1-3H3,(H,34,39);5H,3-4H2,1-2H3,(H,7,8);1-2H3/t;5-;/m.0./s1. The molecule has 0 radical (unpaired) electrons. The maximum absolute atomic E-state index is 14.1. The molecule has 0 aliphatic carbocycles. The number of aromatic hydroxyl groups is 1. The Morgan fingerprint density at radius 1 is 1.00 bits per heavy atom. The average Bonchev–Trinajstić information content (AvgIpc) is 3.27. The molecule has 0 fully saturated rings. The molecule has 54 heavy (non-hydrogen) atoms. The number of thioether (sulfide) groups is 1. The van der Waals surface area contributed by atoms with Gasteiger partial charge in [-0.25, -0.2) is 13.1 Å². The number of nitrogens with zero attached hydrogens (tertiary/aromatic N) is 1. The van der Waals surface area contributed by atoms with Crippen molar-refractivity contribution in [2.75, 3.05) is 24.3 Å². The number of rotatable bonds is 17. The van der Waals surface area contributed by atoms with Gasteiger partial charge in [0, 0.05) is 18.3 Å². The number of hydrogen-bond donors (Lipinski definition) is 4. The normalized spacial score (nSPS) is 15.1. The molecule has 3 aromatic carbocycles. The lowest BCUT2D eigenvalue weighted by Gasteiger charge is -2.37. The predicted octanol–water partition coefficient (Wildman–Crippen LogP) is 8.63. The number of hydrogen-bond acceptors (Lipinski definition) is 9. The molecular formula is C41H59N3O8S2. The summed E-state index contributed by atoms with van der Waals surface area (Å²) in [5, 5.41) is 20.5. The van der Waals surface area contributed by atoms with Crippen molar-refractivity contribution >= 4 is 51.3 Å². The van der Waals surface area contributed by atoms with Crippen molar-refractivity contribution < 1.29 is 37.8 Å². The van der Waals surface area contributed by atoms with E-state index in [0.717, 1.165) is 44.2 Å². The van der Waals surface area contributed by atoms with E-state index in [1.165, 1.54) is 30.0 Å². The Labute approximate surface area is 326 Å². The van der Waals surface area contributed by atoms with Crippen LogP contribution < -0.4 is 19.7 Å². The number of carbonyl (C=O) groups excluding carboxylic acids is 2. The van der Waals surface area contributed by atoms with Gasteiger partial charge < -0.3 is 30.0 Å². The van der Waals surface area contributed by atoms with Gasteiger partial charge in [0.05, 0.1) is 22.0 Å². The first-order chi connectivity index (χ1) is 25.8. The molecule has 0 bridgehead atoms. The van der Waals surface area contributed by atoms with E-state index in [9.17, 15) is 27.9 Å². The summed E-state index contributed by atoms with van der Waals surface area (Å²) in [5.74, 6) is -1.11. The number of ether oxygens (including phenoxy) is 1. The molecule has 1 aliphatic heterocycles. The number of aldehydes is 1. The van der Waals surface area contributed by atoms with Crippen molar-refractivity contribution in [1.29, 1.82) is 0 Å². The zero-order valence-electron chi connectivity index (χ0n) is 32.8. The number of para-hydroxylation sites is 1. The van der Waals surface area contributed by atoms with E-state index in [-0.39, 0.29) is 22.3 Å². The van der Waals surface area contributed by atoms with Crippen LogP contribution in [0.3, 0.4) is 0 Å². The number of sulfonamides is 1. The van der Waals surface area contributed by atoms with Crippen molar-refractivity contribution in [3.8, 4) is 11.5 Å². The Morgan fingerprint density at radius 2 is 1.61 bits per heavy atom. The average molecular weight is 786 g/mol. The van der Waals surface area contributed by atoms with Gasteiger partial charge in [-0.2, -0.15) is 0 Å². The second kappa shape index (κ2) is 23.0. The van der Waals surface area contributed by atoms with Gasteiger partial charge in [0.1, 0.15) is 28.7 Å². The quantitative estimate of drug-likeness (QED) is 0.0770. The van der Waals surface area contributed by atoms with Gasteiger partial charge in [-0.1, -0.05) is 104 Å². The van der Waals surface area contributed by atoms with E-state index in [2.05, 4.69) is 28.8 Å². The van der Waals surface area contributed by atoms with Crippen molar-refractivity contribution in [2.24, 2.45) is 5.92 Å². The number of carbonyl (C=O) groups is 3. The number of benzene rings is 3. The molecule has 298 valence electrons. The molecule has 0 aromatic heterocycles. The van der Waals surface area contributed by atoms with Crippen LogP contribution in [-0.2, 0) is 24.4 Å². The number of unbranched alkanes of at least 4 members (excludes halogenated alkanes) is 2. The minimum Gasteiger partial charge on any atom is -0.508 e. The maximum atomic E-state index is 14.1. The van der Waals surface area contributed by atoms with Gasteiger partial charge in [0.25, 0.3) is 5.91 Å². The van der Waals surface area contributed by atoms with E-state index in [1.54, 1.807) is 19.1 Å². The van der Waals surface area contributed by atoms with E-state index in [0.29, 0.717) is 41.8 Å². The minimum atomic E-state index is -3.98. The highest BCUT2D eigenvalue weighted by Crippen LogP contribution is 2.44. The summed E-state index contributed by atoms with van der Waals surface area (Å²) in [6.07, 6.45) is 9.28. The molecule has 0 saturated heterocycles. The first-order valence-electron chi connectivity index (χ1n) is 18.8. The lowest BCUT2D eigenvalue weighted by atomic mass is 9.87. The Balaban J connectivity index is 0.000000893. The molecule has 3 aromatic rings. The zero-order valence-corrected chi connectivity index (χ0v) is 34.4. The molecule has 1 amide bonds. The topological polar surface area (TPSA) is 162 Å². The van der Waals surface area contributed by atoms with Crippen LogP contribution in [0.2, 0.25) is 0 Å². The second-order valence-corrected chi connectivity index (χ2v) is 15.6. The van der Waals surface area contributed by atoms with E-state index < -0.39 is 40.1 Å². The van der Waals surface area contributed by atoms with Crippen LogP contribution in [0.15, 0.2) is 76.5 Å². The molecule has 1 aliphatic rings. The monoisotopic (exact) mass is 785 g/mol. The molecule has 1 heterocycles. The number of fused-ring (bicyclic) bond motifs is 1. The smallest absolute Gasteiger partial charge is 0.306 e. The summed E-state index contributed by atoms with van der Waals surface area (Å²) in [6.45, 7) is 12.0. The van der Waals surface area contributed by atoms with E-state index in [4.69, 9.17) is 9.84 Å². The SMILES string of the molecule is CC.CCCCC1(CCCC)CN(c2ccccc2)c2cc(SC)c(OCC(=O)NC(C=O)c3ccc(O)cc3)cc2S(=O)(=O)N1.CCC[C@H](C)C(=O)O. The highest BCUT2D eigenvalue weighted by molar-refractivity contribution is 7.98. The third-order valence-electron chi connectivity index (χ3n) is 8.93. The number of anilines is 2. The first kappa shape index (κ1) is 46.1. The highest BCUT2D eigenvalue weighted by Gasteiger charge is 2.42. The van der Waals surface area contributed by atoms with Gasteiger partial charge in [-0.05, 0) is 61.4 Å². The third-order valence-corrected chi connectivity index (χ3v) is 11.3. The van der Waals surface area contributed by atoms with Crippen LogP contribution in [0, 0.1) is 5.92 Å². The van der Waals surface area contributed by atoms with Crippen LogP contribution >= 0.6 is 11.8 Å². The lowest BCUT2D eigenvalue weighted by Crippen LogP contribution is -2.53. The van der Waals surface area contributed by atoms with Crippen LogP contribution in [0.25, 0.3) is 0 Å². The lowest BCUT2D eigenvalue weighted by molar-refractivity contribution is -0.141. The van der Waals surface area contributed by atoms with Crippen LogP contribution in [0.4, 0.5) is 11.4 Å². The van der Waals surface area contributed by atoms with E-state index in [1.807, 2.05) is 63.4 Å². The molecule has 11 nitrogen and oxygen atoms in total. The zero-order chi connectivity index (χ0) is 40.3. The fraction of sp³-hybridized carbons (Fsp3) is 0.488. The molecule has 13 heteroatoms. The number of phenols is 1. The number of phenolic OH excluding ortho intramolecular Hbond substituents is 1. The fourth-order valence-corrected chi connectivity index (χ4v) is 8.24. The molecular weight excluding hydrogens is 727 g/mol. The Bertz CT molecular complexity index is 1710. The predicted molar refractivity (Wildman–Crippen MR) is 217 cm³/mol. The minimum absolute atomic E-state index is 0.0455. The molecule has 2 atom stereocenters. The third kappa shape index (κ3) is 13.3. The Morgan fingerprint density at radius 3 is 2.11 bits per heavy atom. The van der Waals surface area contributed by atoms with Crippen LogP contribution in [-0.4, -0.2) is 61.7 Å². The summed E-state index contributed by atoms with van der Waals surface area (Å²) in [6, 6.07) is 18.1. The number of carboxylic acids is 1. The molecule has 4 N–H and O–H groups in total. The van der Waals surface area contributed by atoms with Gasteiger partial charge >= 0.3 is 5.97 Å². The van der Waals surface area contributed by atoms with Crippen LogP contribution in [0.1, 0.15) is 105 Å². The van der Waals surface area contributed by atoms with Crippen LogP contribution in [0.5, 0.6) is 11.5 Å². The molecule has 0 spiro atoms. The summed E-state index contributed by atoms with van der Waals surface area (Å²) in [7, 11) is -3.98. The van der Waals surface area contributed by atoms with Crippen molar-refractivity contribution in [3.05, 3.63) is 72.3 Å². The summed E-state index contributed by atoms with van der Waals surface area (Å²) in [5.41, 5.74) is 1.28. The molecule has 1 unspecified atom stereocenters. The summed E-state index contributed by atoms with van der Waals surface area (Å²) < 4.78 is 37.3. The molecule has 0 saturated carbocycles. The number of aliphatic carboxylic acids is 1. The number of nitrogens with one attached hydrogen (secondary N) is 2. The fourth-order valence-electron chi connectivity index (χ4n) is 6.04. The summed E-state index contributed by atoms with van der Waals surface area (Å²) in [4.78, 5) is 37.5. The largest absolute Gasteiger partial charge is 0.508 e.